The van der Waals surface area contributed by atoms with Gasteiger partial charge >= 0.3 is 0 Å². The highest BCUT2D eigenvalue weighted by Gasteiger charge is 2.15. The molecule has 0 bridgehead atoms. The molecular weight excluding hydrogens is 264 g/mol. The summed E-state index contributed by atoms with van der Waals surface area (Å²) in [4.78, 5) is 5.97. The highest BCUT2D eigenvalue weighted by atomic mass is 32.1. The van der Waals surface area contributed by atoms with Crippen LogP contribution in [-0.2, 0) is 6.54 Å². The van der Waals surface area contributed by atoms with E-state index in [-0.39, 0.29) is 0 Å². The second kappa shape index (κ2) is 5.96. The molecule has 2 nitrogen and oxygen atoms in total. The van der Waals surface area contributed by atoms with Gasteiger partial charge in [0.2, 0.25) is 0 Å². The minimum Gasteiger partial charge on any atom is -0.323 e. The second-order valence-electron chi connectivity index (χ2n) is 5.95. The van der Waals surface area contributed by atoms with Crippen LogP contribution >= 0.6 is 11.3 Å². The van der Waals surface area contributed by atoms with E-state index < -0.39 is 0 Å². The Hall–Kier alpha value is -1.35. The molecule has 0 radical (unpaired) electrons. The summed E-state index contributed by atoms with van der Waals surface area (Å²) in [6, 6.07) is 6.51. The Morgan fingerprint density at radius 2 is 1.85 bits per heavy atom. The number of aromatic nitrogens is 1. The van der Waals surface area contributed by atoms with Crippen LogP contribution < -0.4 is 4.80 Å². The SMILES string of the molecule is Cc1cc(C)cc(N=c2sccn2CC2CCCC2)c1. The molecule has 1 aliphatic rings. The van der Waals surface area contributed by atoms with Gasteiger partial charge in [0.15, 0.2) is 4.80 Å². The maximum Gasteiger partial charge on any atom is 0.189 e. The summed E-state index contributed by atoms with van der Waals surface area (Å²) in [6.07, 6.45) is 7.75. The van der Waals surface area contributed by atoms with Crippen LogP contribution in [0.2, 0.25) is 0 Å². The van der Waals surface area contributed by atoms with Crippen molar-refractivity contribution in [1.82, 2.24) is 4.57 Å². The zero-order chi connectivity index (χ0) is 13.9. The number of nitrogens with zero attached hydrogens (tertiary/aromatic N) is 2. The Kier molecular flexibility index (Phi) is 4.06. The number of hydrogen-bond donors (Lipinski definition) is 0. The van der Waals surface area contributed by atoms with Gasteiger partial charge in [-0.05, 0) is 55.9 Å². The first-order valence-electron chi connectivity index (χ1n) is 7.48. The lowest BCUT2D eigenvalue weighted by atomic mass is 10.1. The summed E-state index contributed by atoms with van der Waals surface area (Å²) in [6.45, 7) is 5.40. The smallest absolute Gasteiger partial charge is 0.189 e. The van der Waals surface area contributed by atoms with Gasteiger partial charge in [0, 0.05) is 18.1 Å². The van der Waals surface area contributed by atoms with Gasteiger partial charge in [0.05, 0.1) is 5.69 Å². The minimum atomic E-state index is 0.850. The van der Waals surface area contributed by atoms with Crippen molar-refractivity contribution in [3.8, 4) is 0 Å². The van der Waals surface area contributed by atoms with Crippen LogP contribution in [-0.4, -0.2) is 4.57 Å². The molecular formula is C17H22N2S. The molecule has 106 valence electrons. The molecule has 0 spiro atoms. The topological polar surface area (TPSA) is 17.3 Å². The van der Waals surface area contributed by atoms with Gasteiger partial charge in [-0.15, -0.1) is 11.3 Å². The maximum atomic E-state index is 4.85. The molecule has 0 atom stereocenters. The molecule has 1 saturated carbocycles. The summed E-state index contributed by atoms with van der Waals surface area (Å²) < 4.78 is 2.33. The molecule has 0 amide bonds. The molecule has 0 saturated heterocycles. The van der Waals surface area contributed by atoms with Gasteiger partial charge in [-0.3, -0.25) is 0 Å². The fourth-order valence-electron chi connectivity index (χ4n) is 3.12. The fourth-order valence-corrected chi connectivity index (χ4v) is 3.88. The monoisotopic (exact) mass is 286 g/mol. The van der Waals surface area contributed by atoms with Crippen LogP contribution in [0.4, 0.5) is 5.69 Å². The lowest BCUT2D eigenvalue weighted by molar-refractivity contribution is 0.451. The van der Waals surface area contributed by atoms with E-state index in [0.29, 0.717) is 0 Å². The fraction of sp³-hybridized carbons (Fsp3) is 0.471. The summed E-state index contributed by atoms with van der Waals surface area (Å²) >= 11 is 1.74. The molecule has 0 unspecified atom stereocenters. The van der Waals surface area contributed by atoms with E-state index in [1.165, 1.54) is 36.8 Å². The number of rotatable bonds is 3. The van der Waals surface area contributed by atoms with E-state index in [9.17, 15) is 0 Å². The highest BCUT2D eigenvalue weighted by molar-refractivity contribution is 7.07. The first kappa shape index (κ1) is 13.6. The maximum absolute atomic E-state index is 4.85. The first-order valence-corrected chi connectivity index (χ1v) is 8.35. The Morgan fingerprint density at radius 1 is 1.15 bits per heavy atom. The molecule has 3 rings (SSSR count). The zero-order valence-corrected chi connectivity index (χ0v) is 13.1. The van der Waals surface area contributed by atoms with Gasteiger partial charge in [-0.2, -0.15) is 0 Å². The van der Waals surface area contributed by atoms with Crippen LogP contribution in [0, 0.1) is 19.8 Å². The van der Waals surface area contributed by atoms with Crippen molar-refractivity contribution in [3.05, 3.63) is 45.7 Å². The Bertz CT molecular complexity index is 625. The van der Waals surface area contributed by atoms with Crippen LogP contribution in [0.5, 0.6) is 0 Å². The molecule has 3 heteroatoms. The molecule has 0 N–H and O–H groups in total. The average Bonchev–Trinajstić information content (AvgIpc) is 3.01. The third-order valence-corrected chi connectivity index (χ3v) is 4.82. The summed E-state index contributed by atoms with van der Waals surface area (Å²) in [5.74, 6) is 0.850. The molecule has 1 fully saturated rings. The third-order valence-electron chi connectivity index (χ3n) is 4.02. The predicted molar refractivity (Wildman–Crippen MR) is 85.4 cm³/mol. The molecule has 1 aromatic heterocycles. The molecule has 1 aliphatic carbocycles. The highest BCUT2D eigenvalue weighted by Crippen LogP contribution is 2.26. The largest absolute Gasteiger partial charge is 0.323 e. The van der Waals surface area contributed by atoms with Gasteiger partial charge in [-0.25, -0.2) is 4.99 Å². The van der Waals surface area contributed by atoms with Gasteiger partial charge in [0.1, 0.15) is 0 Å². The summed E-state index contributed by atoms with van der Waals surface area (Å²) in [5.41, 5.74) is 3.63. The molecule has 20 heavy (non-hydrogen) atoms. The van der Waals surface area contributed by atoms with E-state index in [1.807, 2.05) is 0 Å². The normalized spacial score (nSPS) is 17.0. The van der Waals surface area contributed by atoms with Crippen LogP contribution in [0.3, 0.4) is 0 Å². The zero-order valence-electron chi connectivity index (χ0n) is 12.3. The molecule has 1 aromatic carbocycles. The molecule has 2 aromatic rings. The molecule has 0 aliphatic heterocycles. The number of thiazole rings is 1. The number of benzene rings is 1. The van der Waals surface area contributed by atoms with E-state index in [2.05, 4.69) is 48.2 Å². The van der Waals surface area contributed by atoms with Crippen molar-refractivity contribution >= 4 is 17.0 Å². The van der Waals surface area contributed by atoms with Crippen LogP contribution in [0.25, 0.3) is 0 Å². The number of aryl methyl sites for hydroxylation is 2. The standard InChI is InChI=1S/C17H22N2S/c1-13-9-14(2)11-16(10-13)18-17-19(7-8-20-17)12-15-5-3-4-6-15/h7-11,15H,3-6,12H2,1-2H3. The van der Waals surface area contributed by atoms with E-state index in [0.717, 1.165) is 23.0 Å². The minimum absolute atomic E-state index is 0.850. The van der Waals surface area contributed by atoms with E-state index in [4.69, 9.17) is 4.99 Å². The van der Waals surface area contributed by atoms with Crippen molar-refractivity contribution in [1.29, 1.82) is 0 Å². The number of hydrogen-bond acceptors (Lipinski definition) is 2. The van der Waals surface area contributed by atoms with E-state index >= 15 is 0 Å². The Balaban J connectivity index is 1.89. The lowest BCUT2D eigenvalue weighted by Crippen LogP contribution is -2.18. The van der Waals surface area contributed by atoms with Crippen molar-refractivity contribution in [2.24, 2.45) is 10.9 Å². The Morgan fingerprint density at radius 3 is 2.55 bits per heavy atom. The third kappa shape index (κ3) is 3.21. The summed E-state index contributed by atoms with van der Waals surface area (Å²) in [7, 11) is 0. The van der Waals surface area contributed by atoms with Crippen molar-refractivity contribution < 1.29 is 0 Å². The predicted octanol–water partition coefficient (Wildman–Crippen LogP) is 4.59. The van der Waals surface area contributed by atoms with Crippen LogP contribution in [0.15, 0.2) is 34.8 Å². The molecule has 1 heterocycles. The second-order valence-corrected chi connectivity index (χ2v) is 6.82. The van der Waals surface area contributed by atoms with Gasteiger partial charge < -0.3 is 4.57 Å². The lowest BCUT2D eigenvalue weighted by Gasteiger charge is -2.09. The van der Waals surface area contributed by atoms with Crippen LogP contribution in [0.1, 0.15) is 36.8 Å². The van der Waals surface area contributed by atoms with Gasteiger partial charge in [0.25, 0.3) is 0 Å². The summed E-state index contributed by atoms with van der Waals surface area (Å²) in [5, 5.41) is 2.15. The van der Waals surface area contributed by atoms with Crippen molar-refractivity contribution in [2.75, 3.05) is 0 Å². The van der Waals surface area contributed by atoms with E-state index in [1.54, 1.807) is 11.3 Å². The van der Waals surface area contributed by atoms with Crippen molar-refractivity contribution in [3.63, 3.8) is 0 Å². The first-order chi connectivity index (χ1) is 9.70. The Labute approximate surface area is 124 Å². The quantitative estimate of drug-likeness (QED) is 0.785. The van der Waals surface area contributed by atoms with Crippen molar-refractivity contribution in [2.45, 2.75) is 46.1 Å². The average molecular weight is 286 g/mol. The van der Waals surface area contributed by atoms with Gasteiger partial charge in [-0.1, -0.05) is 18.9 Å².